The van der Waals surface area contributed by atoms with Gasteiger partial charge in [-0.05, 0) is 34.1 Å². The fourth-order valence-electron chi connectivity index (χ4n) is 16.5. The molecule has 8 aromatic heterocycles. The van der Waals surface area contributed by atoms with Crippen molar-refractivity contribution in [3.63, 3.8) is 0 Å². The standard InChI is InChI=1S/C76H111N20O41P5S3/c1-11-39-40(22-46(127-39)91-23-35(2)59(77)85-73(91)101)133-140(109,143)125-30-44-51(55(118-18-13-113-7)68(129-44)93-25-37(4)64(98)89-75(93)103)135-138(105,106)122-28-42-50(56(119-19-14-114-8)70(131-42)95-33-83-47-61(79)81-32-82-62(47)95)134-139(107,108)123-29-43-52(58(121-21-16-116-10)71(132-43)96-34-84-48-63(96)87-72(80)88-66(48)100)136-142(111,145)126-31-45-53(57(120-20-15-115-9)69(130-45)94-26-38(5)65(99)90-76(94)104)137-141(110,144)124-27-41-49(97)54(117-17-12-112-6)67(128-41)92-24-36(3)60(78)86-74(92)102/h23-26,32-34,39-46,49-58,67-71,97H,11-22,27-31H2,1-10H3,(H,105,106)(H,107,108)(H,109,143)(H,110,144)(H,111,145)(H2,77,85,101)(H2,78,86,102)(H2,79,81,82)(H,89,98,103)(H,90,99,104)(H3,80,87,88,100)/p-4/t39-,40?,41-,42-,43-,44-,45-,46-,49?,50?,51?,52?,53?,54+,55+,56+,57+,58+,67-,68-,69-,70-,71-,140?,141?,142?/m1/s1. The number of nitrogen functional groups attached to an aromatic ring is 4. The van der Waals surface area contributed by atoms with Gasteiger partial charge in [-0.3, -0.25) is 74.9 Å². The third-order valence-corrected chi connectivity index (χ3v) is 30.1. The fourth-order valence-corrected chi connectivity index (χ4v) is 22.7. The molecule has 0 radical (unpaired) electrons. The van der Waals surface area contributed by atoms with Gasteiger partial charge in [0.1, 0.15) is 135 Å². The number of ether oxygens (including phenoxy) is 16. The number of rotatable bonds is 52. The highest BCUT2D eigenvalue weighted by atomic mass is 32.7. The molecule has 14 heterocycles. The number of nitrogens with zero attached hydrogens (tertiary/aromatic N) is 13. The minimum Gasteiger partial charge on any atom is -0.780 e. The van der Waals surface area contributed by atoms with E-state index in [2.05, 4.69) is 62.1 Å². The summed E-state index contributed by atoms with van der Waals surface area (Å²) in [6.07, 6.45) is -30.6. The predicted molar refractivity (Wildman–Crippen MR) is 497 cm³/mol. The number of hydrogen-bond acceptors (Lipinski definition) is 54. The van der Waals surface area contributed by atoms with Crippen LogP contribution in [0.5, 0.6) is 0 Å². The lowest BCUT2D eigenvalue weighted by Gasteiger charge is -2.35. The van der Waals surface area contributed by atoms with Gasteiger partial charge in [0.25, 0.3) is 32.3 Å². The van der Waals surface area contributed by atoms with Crippen LogP contribution < -0.4 is 81.9 Å². The lowest BCUT2D eigenvalue weighted by atomic mass is 10.1. The monoisotopic (exact) mass is 2210 g/mol. The van der Waals surface area contributed by atoms with Crippen LogP contribution in [0.4, 0.5) is 23.4 Å². The van der Waals surface area contributed by atoms with E-state index in [1.165, 1.54) is 66.4 Å². The van der Waals surface area contributed by atoms with E-state index in [1.54, 1.807) is 20.8 Å². The van der Waals surface area contributed by atoms with Crippen molar-refractivity contribution >= 4 is 117 Å². The van der Waals surface area contributed by atoms with Gasteiger partial charge in [0, 0.05) is 89.0 Å². The van der Waals surface area contributed by atoms with Gasteiger partial charge >= 0.3 is 29.6 Å². The maximum atomic E-state index is 15.6. The first-order valence-corrected chi connectivity index (χ1v) is 55.0. The van der Waals surface area contributed by atoms with E-state index >= 15 is 23.5 Å². The van der Waals surface area contributed by atoms with E-state index in [9.17, 15) is 48.5 Å². The van der Waals surface area contributed by atoms with Gasteiger partial charge in [0.15, 0.2) is 53.8 Å². The average molecular weight is 2210 g/mol. The highest BCUT2D eigenvalue weighted by Gasteiger charge is 2.57. The number of nitrogens with one attached hydrogen (secondary N) is 3. The molecule has 12 N–H and O–H groups in total. The molecule has 804 valence electrons. The zero-order valence-corrected chi connectivity index (χ0v) is 85.7. The quantitative estimate of drug-likeness (QED) is 0.00996. The number of imidazole rings is 2. The SMILES string of the molecule is CC[C@H]1O[C@@H](n2cc(C)c(N)nc2=O)CC1OP([O-])(=S)OC[C@H]1O[C@@H](n2cc(C)c(=O)[nH]c2=O)[C@@H](OCCOC)C1OP(=O)([O-])OC[C@H]1O[C@@H](n2cnc3c(N)ncnc32)[C@@H](OCCOC)C1OP(=O)([O-])OC[C@H]1O[C@@H](n2cnc3c(=O)[nH]c(N)nc32)[C@@H](OCCOC)C1OP(=O)(S)OC[C@H]1O[C@@H](n2cc(C)c(=O)[nH]c2=O)[C@@H](OCCOC)C1OP([O-])(=S)OC[C@H]1O[C@@H](n2cc(C)c(N)nc2=O)[C@@H](OCCOC)C1O. The molecule has 145 heavy (non-hydrogen) atoms. The van der Waals surface area contributed by atoms with Crippen molar-refractivity contribution in [1.29, 1.82) is 0 Å². The number of nitrogens with two attached hydrogens (primary N) is 4. The number of fused-ring (bicyclic) bond motifs is 2. The first-order valence-electron chi connectivity index (χ1n) is 44.2. The number of aliphatic hydroxyl groups excluding tert-OH is 1. The number of methoxy groups -OCH3 is 5. The number of aromatic amines is 3. The minimum absolute atomic E-state index is 0.0123. The molecule has 8 aromatic rings. The molecule has 0 bridgehead atoms. The van der Waals surface area contributed by atoms with Crippen LogP contribution in [0.15, 0.2) is 77.3 Å². The first kappa shape index (κ1) is 113. The molecule has 0 amide bonds. The highest BCUT2D eigenvalue weighted by molar-refractivity contribution is 8.44. The average Bonchev–Trinajstić information content (AvgIpc) is 1.60. The summed E-state index contributed by atoms with van der Waals surface area (Å²) >= 11 is 15.4. The van der Waals surface area contributed by atoms with Crippen LogP contribution in [0.25, 0.3) is 22.3 Å². The van der Waals surface area contributed by atoms with Crippen LogP contribution in [0, 0.1) is 27.7 Å². The topological polar surface area (TPSA) is 794 Å². The molecule has 61 nitrogen and oxygen atoms in total. The molecule has 0 saturated carbocycles. The van der Waals surface area contributed by atoms with Crippen molar-refractivity contribution in [1.82, 2.24) is 77.2 Å². The Bertz CT molecular complexity index is 6570. The molecule has 6 fully saturated rings. The number of aromatic nitrogens is 16. The number of hydrogen-bond donors (Lipinski definition) is 9. The van der Waals surface area contributed by atoms with Crippen molar-refractivity contribution in [3.05, 3.63) is 139 Å². The molecule has 0 spiro atoms. The fraction of sp³-hybridized carbons (Fsp3) is 0.658. The number of thiol groups is 1. The van der Waals surface area contributed by atoms with E-state index < -0.39 is 275 Å². The van der Waals surface area contributed by atoms with Gasteiger partial charge in [-0.25, -0.2) is 43.7 Å². The van der Waals surface area contributed by atoms with Crippen molar-refractivity contribution in [2.45, 2.75) is 189 Å². The zero-order chi connectivity index (χ0) is 105. The Labute approximate surface area is 835 Å². The van der Waals surface area contributed by atoms with E-state index in [4.69, 9.17) is 168 Å². The molecular weight excluding hydrogens is 2100 g/mol. The number of aliphatic hydroxyl groups is 1. The van der Waals surface area contributed by atoms with E-state index in [-0.39, 0.29) is 110 Å². The summed E-state index contributed by atoms with van der Waals surface area (Å²) in [6.45, 7) is -15.8. The lowest BCUT2D eigenvalue weighted by molar-refractivity contribution is -0.241. The molecule has 6 aliphatic heterocycles. The van der Waals surface area contributed by atoms with Gasteiger partial charge in [0.05, 0.1) is 124 Å². The van der Waals surface area contributed by atoms with Crippen molar-refractivity contribution < 1.29 is 159 Å². The molecular formula is C76H107N20O41P5S3-4. The molecule has 14 rings (SSSR count). The predicted octanol–water partition coefficient (Wildman–Crippen LogP) is -4.01. The van der Waals surface area contributed by atoms with E-state index in [1.807, 2.05) is 0 Å². The molecule has 69 heteroatoms. The minimum atomic E-state index is -6.21. The maximum absolute atomic E-state index is 15.6. The summed E-state index contributed by atoms with van der Waals surface area (Å²) in [5.41, 5.74) is 17.6. The summed E-state index contributed by atoms with van der Waals surface area (Å²) in [5.74, 6) is -0.752. The van der Waals surface area contributed by atoms with Gasteiger partial charge in [-0.1, -0.05) is 42.8 Å². The molecule has 0 aliphatic carbocycles. The second kappa shape index (κ2) is 48.7. The summed E-state index contributed by atoms with van der Waals surface area (Å²) in [7, 11) is -5.75. The second-order valence-electron chi connectivity index (χ2n) is 33.2. The Hall–Kier alpha value is -7.68. The van der Waals surface area contributed by atoms with Gasteiger partial charge in [-0.2, -0.15) is 15.0 Å². The summed E-state index contributed by atoms with van der Waals surface area (Å²) < 4.78 is 207. The van der Waals surface area contributed by atoms with E-state index in [0.29, 0.717) is 11.1 Å². The molecule has 11 unspecified atom stereocenters. The molecule has 28 atom stereocenters. The third kappa shape index (κ3) is 26.9. The van der Waals surface area contributed by atoms with Crippen molar-refractivity contribution in [3.8, 4) is 0 Å². The summed E-state index contributed by atoms with van der Waals surface area (Å²) in [6, 6.07) is 0. The Kier molecular flexibility index (Phi) is 38.0. The van der Waals surface area contributed by atoms with Gasteiger partial charge in [0.2, 0.25) is 5.95 Å². The van der Waals surface area contributed by atoms with Crippen LogP contribution in [0.1, 0.15) is 79.4 Å². The third-order valence-electron chi connectivity index (χ3n) is 23.4. The van der Waals surface area contributed by atoms with Gasteiger partial charge in [-0.15, -0.1) is 0 Å². The van der Waals surface area contributed by atoms with Crippen LogP contribution >= 0.6 is 48.1 Å². The number of phosphoric ester groups is 2. The van der Waals surface area contributed by atoms with Gasteiger partial charge < -0.3 is 160 Å². The smallest absolute Gasteiger partial charge is 0.386 e. The lowest BCUT2D eigenvalue weighted by Crippen LogP contribution is -2.42. The number of anilines is 4. The zero-order valence-electron chi connectivity index (χ0n) is 78.7. The number of H-pyrrole nitrogens is 3. The largest absolute Gasteiger partial charge is 0.780 e. The number of aryl methyl sites for hydroxylation is 4. The summed E-state index contributed by atoms with van der Waals surface area (Å²) in [4.78, 5) is 189. The second-order valence-corrected chi connectivity index (χ2v) is 44.2. The van der Waals surface area contributed by atoms with E-state index in [0.717, 1.165) is 54.2 Å². The highest BCUT2D eigenvalue weighted by Crippen LogP contribution is 2.59. The normalized spacial score (nSPS) is 29.2. The molecule has 0 aromatic carbocycles. The van der Waals surface area contributed by atoms with Crippen LogP contribution in [-0.2, 0) is 158 Å². The Morgan fingerprint density at radius 2 is 0.807 bits per heavy atom. The van der Waals surface area contributed by atoms with Crippen LogP contribution in [0.3, 0.4) is 0 Å². The first-order chi connectivity index (χ1) is 68.9. The maximum Gasteiger partial charge on any atom is 0.386 e. The van der Waals surface area contributed by atoms with Crippen LogP contribution in [0.2, 0.25) is 0 Å². The van der Waals surface area contributed by atoms with Crippen molar-refractivity contribution in [2.75, 3.05) is 158 Å². The Morgan fingerprint density at radius 1 is 0.421 bits per heavy atom. The Morgan fingerprint density at radius 3 is 1.28 bits per heavy atom. The molecule has 6 saturated heterocycles. The Balaban J connectivity index is 0.765. The van der Waals surface area contributed by atoms with Crippen LogP contribution in [-0.4, -0.2) is 321 Å². The summed E-state index contributed by atoms with van der Waals surface area (Å²) in [5, 5.41) is 11.8. The molecule has 6 aliphatic rings. The number of phosphoric acid groups is 2. The van der Waals surface area contributed by atoms with Crippen molar-refractivity contribution in [2.24, 2.45) is 0 Å².